The van der Waals surface area contributed by atoms with Crippen LogP contribution in [0.2, 0.25) is 0 Å². The van der Waals surface area contributed by atoms with E-state index in [4.69, 9.17) is 21.2 Å². The Balaban J connectivity index is 1.43. The number of nitrogens with one attached hydrogen (secondary N) is 1. The van der Waals surface area contributed by atoms with E-state index >= 15 is 0 Å². The molecule has 4 rings (SSSR count). The number of benzene rings is 3. The van der Waals surface area contributed by atoms with E-state index in [0.717, 1.165) is 22.6 Å². The number of fused-ring (bicyclic) bond motifs is 1. The van der Waals surface area contributed by atoms with E-state index in [1.54, 1.807) is 18.2 Å². The lowest BCUT2D eigenvalue weighted by Crippen LogP contribution is -2.27. The summed E-state index contributed by atoms with van der Waals surface area (Å²) in [7, 11) is 0. The molecule has 0 unspecified atom stereocenters. The maximum atomic E-state index is 12.5. The van der Waals surface area contributed by atoms with Gasteiger partial charge in [-0.05, 0) is 49.4 Å². The van der Waals surface area contributed by atoms with E-state index in [-0.39, 0.29) is 5.91 Å². The predicted octanol–water partition coefficient (Wildman–Crippen LogP) is 3.56. The van der Waals surface area contributed by atoms with Crippen LogP contribution in [0.4, 0.5) is 11.4 Å². The minimum atomic E-state index is -0.250. The number of amides is 1. The van der Waals surface area contributed by atoms with Gasteiger partial charge < -0.3 is 26.1 Å². The number of hydrogen-bond acceptors (Lipinski definition) is 5. The highest BCUT2D eigenvalue weighted by Gasteiger charge is 2.13. The molecule has 0 aliphatic heterocycles. The van der Waals surface area contributed by atoms with E-state index in [1.807, 2.05) is 55.5 Å². The second-order valence-electron chi connectivity index (χ2n) is 7.68. The molecule has 3 aromatic carbocycles. The summed E-state index contributed by atoms with van der Waals surface area (Å²) in [5, 5.41) is 2.92. The third-order valence-electron chi connectivity index (χ3n) is 5.29. The summed E-state index contributed by atoms with van der Waals surface area (Å²) in [6.45, 7) is 3.64. The van der Waals surface area contributed by atoms with Gasteiger partial charge in [-0.2, -0.15) is 0 Å². The van der Waals surface area contributed by atoms with Crippen molar-refractivity contribution >= 4 is 28.3 Å². The number of nitrogen functional groups attached to an aromatic ring is 2. The van der Waals surface area contributed by atoms with Crippen molar-refractivity contribution in [3.8, 4) is 5.75 Å². The molecule has 7 heteroatoms. The number of nitrogens with zero attached hydrogens (tertiary/aromatic N) is 2. The average Bonchev–Trinajstić information content (AvgIpc) is 3.14. The van der Waals surface area contributed by atoms with Gasteiger partial charge in [-0.25, -0.2) is 4.98 Å². The fourth-order valence-electron chi connectivity index (χ4n) is 3.61. The molecule has 0 radical (unpaired) electrons. The number of carbonyl (C=O) groups is 1. The number of hydrogen-bond donors (Lipinski definition) is 3. The number of nitrogens with two attached hydrogens (primary N) is 2. The summed E-state index contributed by atoms with van der Waals surface area (Å²) >= 11 is 0. The van der Waals surface area contributed by atoms with Gasteiger partial charge in [0.25, 0.3) is 5.91 Å². The standard InChI is InChI=1S/C25H27N5O2/c1-17-6-9-19(10-7-17)32-15-14-30-23-5-3-2-4-22(23)29-24(30)12-13-28-25(31)20-16-18(26)8-11-21(20)27/h2-11,16H,12-15,26-27H2,1H3,(H,28,31). The molecule has 0 aliphatic carbocycles. The van der Waals surface area contributed by atoms with Gasteiger partial charge in [0, 0.05) is 24.3 Å². The highest BCUT2D eigenvalue weighted by molar-refractivity contribution is 6.00. The van der Waals surface area contributed by atoms with Crippen LogP contribution >= 0.6 is 0 Å². The molecule has 0 saturated heterocycles. The molecule has 1 amide bonds. The molecule has 164 valence electrons. The summed E-state index contributed by atoms with van der Waals surface area (Å²) in [5.74, 6) is 1.48. The number of carbonyl (C=O) groups excluding carboxylic acids is 1. The first-order chi connectivity index (χ1) is 15.5. The van der Waals surface area contributed by atoms with Crippen molar-refractivity contribution in [1.29, 1.82) is 0 Å². The summed E-state index contributed by atoms with van der Waals surface area (Å²) in [4.78, 5) is 17.3. The van der Waals surface area contributed by atoms with Crippen LogP contribution in [0.5, 0.6) is 5.75 Å². The van der Waals surface area contributed by atoms with Crippen molar-refractivity contribution in [2.75, 3.05) is 24.6 Å². The molecule has 1 aromatic heterocycles. The van der Waals surface area contributed by atoms with Crippen LogP contribution in [0.1, 0.15) is 21.7 Å². The van der Waals surface area contributed by atoms with Crippen LogP contribution in [0.3, 0.4) is 0 Å². The molecule has 0 fully saturated rings. The number of aromatic nitrogens is 2. The lowest BCUT2D eigenvalue weighted by atomic mass is 10.1. The number of ether oxygens (including phenoxy) is 1. The first-order valence-corrected chi connectivity index (χ1v) is 10.6. The summed E-state index contributed by atoms with van der Waals surface area (Å²) in [6.07, 6.45) is 0.577. The van der Waals surface area contributed by atoms with Gasteiger partial charge in [-0.3, -0.25) is 4.79 Å². The number of aryl methyl sites for hydroxylation is 1. The molecular formula is C25H27N5O2. The van der Waals surface area contributed by atoms with Crippen LogP contribution in [0, 0.1) is 6.92 Å². The molecule has 0 bridgehead atoms. The Hall–Kier alpha value is -4.00. The summed E-state index contributed by atoms with van der Waals surface area (Å²) in [5.41, 5.74) is 16.1. The van der Waals surface area contributed by atoms with E-state index in [2.05, 4.69) is 9.88 Å². The van der Waals surface area contributed by atoms with Gasteiger partial charge in [-0.1, -0.05) is 29.8 Å². The van der Waals surface area contributed by atoms with Crippen molar-refractivity contribution in [3.05, 3.63) is 83.7 Å². The van der Waals surface area contributed by atoms with Gasteiger partial charge in [-0.15, -0.1) is 0 Å². The fourth-order valence-corrected chi connectivity index (χ4v) is 3.61. The van der Waals surface area contributed by atoms with Crippen molar-refractivity contribution in [1.82, 2.24) is 14.9 Å². The third kappa shape index (κ3) is 4.83. The van der Waals surface area contributed by atoms with Crippen LogP contribution < -0.4 is 21.5 Å². The molecule has 4 aromatic rings. The smallest absolute Gasteiger partial charge is 0.253 e. The maximum Gasteiger partial charge on any atom is 0.253 e. The zero-order valence-electron chi connectivity index (χ0n) is 18.0. The van der Waals surface area contributed by atoms with E-state index < -0.39 is 0 Å². The predicted molar refractivity (Wildman–Crippen MR) is 128 cm³/mol. The normalized spacial score (nSPS) is 10.9. The highest BCUT2D eigenvalue weighted by atomic mass is 16.5. The van der Waals surface area contributed by atoms with Crippen molar-refractivity contribution in [2.24, 2.45) is 0 Å². The molecule has 0 aliphatic rings. The molecule has 1 heterocycles. The Morgan fingerprint density at radius 2 is 1.84 bits per heavy atom. The average molecular weight is 430 g/mol. The van der Waals surface area contributed by atoms with Crippen LogP contribution in [-0.2, 0) is 13.0 Å². The highest BCUT2D eigenvalue weighted by Crippen LogP contribution is 2.18. The van der Waals surface area contributed by atoms with Crippen LogP contribution in [0.25, 0.3) is 11.0 Å². The molecule has 7 nitrogen and oxygen atoms in total. The molecule has 5 N–H and O–H groups in total. The lowest BCUT2D eigenvalue weighted by Gasteiger charge is -2.12. The van der Waals surface area contributed by atoms with Crippen molar-refractivity contribution in [3.63, 3.8) is 0 Å². The third-order valence-corrected chi connectivity index (χ3v) is 5.29. The molecule has 0 saturated carbocycles. The SMILES string of the molecule is Cc1ccc(OCCn2c(CCNC(=O)c3cc(N)ccc3N)nc3ccccc32)cc1. The van der Waals surface area contributed by atoms with Gasteiger partial charge in [0.15, 0.2) is 0 Å². The Bertz CT molecular complexity index is 1230. The second-order valence-corrected chi connectivity index (χ2v) is 7.68. The van der Waals surface area contributed by atoms with E-state index in [9.17, 15) is 4.79 Å². The first kappa shape index (κ1) is 21.2. The molecular weight excluding hydrogens is 402 g/mol. The Morgan fingerprint density at radius 1 is 1.06 bits per heavy atom. The van der Waals surface area contributed by atoms with Crippen molar-refractivity contribution < 1.29 is 9.53 Å². The second kappa shape index (κ2) is 9.43. The minimum absolute atomic E-state index is 0.250. The maximum absolute atomic E-state index is 12.5. The van der Waals surface area contributed by atoms with Crippen molar-refractivity contribution in [2.45, 2.75) is 19.9 Å². The Morgan fingerprint density at radius 3 is 2.66 bits per heavy atom. The van der Waals surface area contributed by atoms with Gasteiger partial charge >= 0.3 is 0 Å². The molecule has 32 heavy (non-hydrogen) atoms. The zero-order chi connectivity index (χ0) is 22.5. The zero-order valence-corrected chi connectivity index (χ0v) is 18.0. The Labute approximate surface area is 187 Å². The number of rotatable bonds is 8. The van der Waals surface area contributed by atoms with E-state index in [1.165, 1.54) is 5.56 Å². The number of imidazole rings is 1. The lowest BCUT2D eigenvalue weighted by molar-refractivity contribution is 0.0955. The van der Waals surface area contributed by atoms with Crippen LogP contribution in [-0.4, -0.2) is 28.6 Å². The largest absolute Gasteiger partial charge is 0.492 e. The number of para-hydroxylation sites is 2. The fraction of sp³-hybridized carbons (Fsp3) is 0.200. The first-order valence-electron chi connectivity index (χ1n) is 10.6. The van der Waals surface area contributed by atoms with Crippen LogP contribution in [0.15, 0.2) is 66.7 Å². The summed E-state index contributed by atoms with van der Waals surface area (Å²) < 4.78 is 8.06. The quantitative estimate of drug-likeness (QED) is 0.371. The topological polar surface area (TPSA) is 108 Å². The molecule has 0 atom stereocenters. The monoisotopic (exact) mass is 429 g/mol. The van der Waals surface area contributed by atoms with Gasteiger partial charge in [0.2, 0.25) is 0 Å². The van der Waals surface area contributed by atoms with Gasteiger partial charge in [0.1, 0.15) is 18.2 Å². The number of anilines is 2. The van der Waals surface area contributed by atoms with E-state index in [0.29, 0.717) is 43.1 Å². The minimum Gasteiger partial charge on any atom is -0.492 e. The summed E-state index contributed by atoms with van der Waals surface area (Å²) in [6, 6.07) is 20.9. The molecule has 0 spiro atoms. The Kier molecular flexibility index (Phi) is 6.26. The van der Waals surface area contributed by atoms with Gasteiger partial charge in [0.05, 0.1) is 23.1 Å².